The van der Waals surface area contributed by atoms with E-state index in [-0.39, 0.29) is 23.6 Å². The zero-order valence-corrected chi connectivity index (χ0v) is 16.5. The minimum atomic E-state index is -0.594. The van der Waals surface area contributed by atoms with Crippen molar-refractivity contribution >= 4 is 29.1 Å². The van der Waals surface area contributed by atoms with Crippen LogP contribution in [-0.4, -0.2) is 46.5 Å². The summed E-state index contributed by atoms with van der Waals surface area (Å²) in [6.45, 7) is 1.70. The highest BCUT2D eigenvalue weighted by Crippen LogP contribution is 2.35. The normalized spacial score (nSPS) is 19.9. The lowest BCUT2D eigenvalue weighted by atomic mass is 9.95. The average molecular weight is 412 g/mol. The van der Waals surface area contributed by atoms with Crippen LogP contribution in [0, 0.1) is 17.2 Å². The number of hydrogen-bond acceptors (Lipinski definition) is 8. The Kier molecular flexibility index (Phi) is 5.42. The molecule has 2 aromatic rings. The molecule has 10 heteroatoms. The number of nitrogens with two attached hydrogens (primary N) is 1. The molecular weight excluding hydrogens is 392 g/mol. The lowest BCUT2D eigenvalue weighted by molar-refractivity contribution is -0.182. The number of carbonyl (C=O) groups excluding carboxylic acids is 2. The van der Waals surface area contributed by atoms with Crippen molar-refractivity contribution in [2.75, 3.05) is 24.6 Å². The summed E-state index contributed by atoms with van der Waals surface area (Å²) in [7, 11) is 0. The number of aromatic nitrogens is 2. The average Bonchev–Trinajstić information content (AvgIpc) is 3.42. The maximum absolute atomic E-state index is 13.1. The number of rotatable bonds is 4. The highest BCUT2D eigenvalue weighted by atomic mass is 32.1. The van der Waals surface area contributed by atoms with Crippen molar-refractivity contribution in [3.05, 3.63) is 39.8 Å². The Morgan fingerprint density at radius 1 is 1.31 bits per heavy atom. The molecule has 4 heterocycles. The molecule has 29 heavy (non-hydrogen) atoms. The van der Waals surface area contributed by atoms with Crippen LogP contribution in [0.5, 0.6) is 0 Å². The summed E-state index contributed by atoms with van der Waals surface area (Å²) in [5.41, 5.74) is 6.41. The number of piperidine rings is 1. The van der Waals surface area contributed by atoms with E-state index in [0.29, 0.717) is 43.4 Å². The third-order valence-electron chi connectivity index (χ3n) is 5.26. The molecule has 2 N–H and O–H groups in total. The van der Waals surface area contributed by atoms with Crippen molar-refractivity contribution in [3.63, 3.8) is 0 Å². The summed E-state index contributed by atoms with van der Waals surface area (Å²) >= 11 is 1.38. The van der Waals surface area contributed by atoms with Crippen LogP contribution in [0.25, 0.3) is 0 Å². The van der Waals surface area contributed by atoms with Gasteiger partial charge in [-0.3, -0.25) is 14.4 Å². The van der Waals surface area contributed by atoms with Crippen molar-refractivity contribution in [3.8, 4) is 6.07 Å². The van der Waals surface area contributed by atoms with Crippen LogP contribution in [0.3, 0.4) is 0 Å². The van der Waals surface area contributed by atoms with Gasteiger partial charge in [0.25, 0.3) is 5.91 Å². The Hall–Kier alpha value is -3.03. The molecule has 0 aliphatic carbocycles. The number of nitriles is 1. The molecular formula is C19H20N6O3S. The number of hydroxylamine groups is 2. The molecule has 9 nitrogen and oxygen atoms in total. The van der Waals surface area contributed by atoms with E-state index in [9.17, 15) is 9.59 Å². The standard InChI is InChI=1S/C19H20N6O3S/c20-10-14-9-13(11-29-14)16-4-8-28-25(16)18(27)12-2-6-24(7-3-12)19-22-5-1-15(23-19)17(21)26/h1,5,9,11-12,16H,2-4,6-8H2,(H2,21,26)/t16-/m0/s1. The fraction of sp³-hybridized carbons (Fsp3) is 0.421. The van der Waals surface area contributed by atoms with Crippen molar-refractivity contribution in [2.24, 2.45) is 11.7 Å². The largest absolute Gasteiger partial charge is 0.364 e. The summed E-state index contributed by atoms with van der Waals surface area (Å²) in [6, 6.07) is 5.30. The molecule has 2 aliphatic rings. The maximum Gasteiger partial charge on any atom is 0.267 e. The Morgan fingerprint density at radius 2 is 2.10 bits per heavy atom. The van der Waals surface area contributed by atoms with Gasteiger partial charge in [0.05, 0.1) is 12.6 Å². The van der Waals surface area contributed by atoms with E-state index < -0.39 is 5.91 Å². The number of primary amides is 1. The van der Waals surface area contributed by atoms with Gasteiger partial charge in [-0.2, -0.15) is 5.26 Å². The molecule has 1 atom stereocenters. The molecule has 150 valence electrons. The van der Waals surface area contributed by atoms with Crippen molar-refractivity contribution < 1.29 is 14.4 Å². The highest BCUT2D eigenvalue weighted by molar-refractivity contribution is 7.10. The van der Waals surface area contributed by atoms with E-state index in [0.717, 1.165) is 12.0 Å². The van der Waals surface area contributed by atoms with Crippen LogP contribution in [0.4, 0.5) is 5.95 Å². The van der Waals surface area contributed by atoms with E-state index >= 15 is 0 Å². The quantitative estimate of drug-likeness (QED) is 0.809. The molecule has 0 unspecified atom stereocenters. The van der Waals surface area contributed by atoms with Gasteiger partial charge in [0, 0.05) is 31.6 Å². The number of carbonyl (C=O) groups is 2. The van der Waals surface area contributed by atoms with Crippen LogP contribution in [0.15, 0.2) is 23.7 Å². The molecule has 2 amide bonds. The summed E-state index contributed by atoms with van der Waals surface area (Å²) < 4.78 is 0. The lowest BCUT2D eigenvalue weighted by Gasteiger charge is -2.34. The first-order valence-electron chi connectivity index (χ1n) is 9.39. The highest BCUT2D eigenvalue weighted by Gasteiger charge is 2.37. The van der Waals surface area contributed by atoms with E-state index in [1.807, 2.05) is 16.3 Å². The molecule has 2 saturated heterocycles. The first-order chi connectivity index (χ1) is 14.1. The second-order valence-corrected chi connectivity index (χ2v) is 7.94. The minimum absolute atomic E-state index is 0.0244. The predicted octanol–water partition coefficient (Wildman–Crippen LogP) is 1.63. The molecule has 2 aliphatic heterocycles. The van der Waals surface area contributed by atoms with Gasteiger partial charge in [0.15, 0.2) is 0 Å². The van der Waals surface area contributed by atoms with Gasteiger partial charge >= 0.3 is 0 Å². The Bertz CT molecular complexity index is 963. The molecule has 0 aromatic carbocycles. The number of thiophene rings is 1. The topological polar surface area (TPSA) is 125 Å². The smallest absolute Gasteiger partial charge is 0.267 e. The molecule has 2 aromatic heterocycles. The van der Waals surface area contributed by atoms with Gasteiger partial charge in [0.1, 0.15) is 16.6 Å². The van der Waals surface area contributed by atoms with Gasteiger partial charge in [-0.1, -0.05) is 0 Å². The summed E-state index contributed by atoms with van der Waals surface area (Å²) in [5, 5.41) is 12.5. The van der Waals surface area contributed by atoms with Crippen molar-refractivity contribution in [1.82, 2.24) is 15.0 Å². The number of anilines is 1. The van der Waals surface area contributed by atoms with Crippen LogP contribution in [0.1, 0.15) is 46.2 Å². The second kappa shape index (κ2) is 8.14. The van der Waals surface area contributed by atoms with Gasteiger partial charge < -0.3 is 10.6 Å². The van der Waals surface area contributed by atoms with Crippen LogP contribution in [-0.2, 0) is 9.63 Å². The maximum atomic E-state index is 13.1. The Labute approximate surface area is 171 Å². The van der Waals surface area contributed by atoms with E-state index in [1.165, 1.54) is 28.7 Å². The Morgan fingerprint density at radius 3 is 2.79 bits per heavy atom. The van der Waals surface area contributed by atoms with Crippen LogP contribution >= 0.6 is 11.3 Å². The van der Waals surface area contributed by atoms with E-state index in [2.05, 4.69) is 16.0 Å². The van der Waals surface area contributed by atoms with Crippen LogP contribution < -0.4 is 10.6 Å². The number of nitrogens with zero attached hydrogens (tertiary/aromatic N) is 5. The van der Waals surface area contributed by atoms with Crippen molar-refractivity contribution in [1.29, 1.82) is 5.26 Å². The summed E-state index contributed by atoms with van der Waals surface area (Å²) in [6.07, 6.45) is 3.52. The number of hydrogen-bond donors (Lipinski definition) is 1. The SMILES string of the molecule is N#Cc1cc([C@@H]2CCON2C(=O)C2CCN(c3nccc(C(N)=O)n3)CC2)cs1. The van der Waals surface area contributed by atoms with E-state index in [1.54, 1.807) is 0 Å². The third kappa shape index (κ3) is 3.92. The molecule has 0 radical (unpaired) electrons. The number of amides is 2. The van der Waals surface area contributed by atoms with Crippen molar-refractivity contribution in [2.45, 2.75) is 25.3 Å². The Balaban J connectivity index is 1.40. The molecule has 0 saturated carbocycles. The fourth-order valence-electron chi connectivity index (χ4n) is 3.72. The fourth-order valence-corrected chi connectivity index (χ4v) is 4.46. The second-order valence-electron chi connectivity index (χ2n) is 7.03. The first kappa shape index (κ1) is 19.3. The molecule has 4 rings (SSSR count). The lowest BCUT2D eigenvalue weighted by Crippen LogP contribution is -2.42. The van der Waals surface area contributed by atoms with Crippen LogP contribution in [0.2, 0.25) is 0 Å². The third-order valence-corrected chi connectivity index (χ3v) is 6.11. The summed E-state index contributed by atoms with van der Waals surface area (Å²) in [4.78, 5) is 41.1. The predicted molar refractivity (Wildman–Crippen MR) is 105 cm³/mol. The van der Waals surface area contributed by atoms with Gasteiger partial charge in [0.2, 0.25) is 11.9 Å². The molecule has 2 fully saturated rings. The first-order valence-corrected chi connectivity index (χ1v) is 10.3. The molecule has 0 spiro atoms. The molecule has 0 bridgehead atoms. The summed E-state index contributed by atoms with van der Waals surface area (Å²) in [5.74, 6) is -0.322. The van der Waals surface area contributed by atoms with Gasteiger partial charge in [-0.15, -0.1) is 11.3 Å². The zero-order chi connectivity index (χ0) is 20.4. The van der Waals surface area contributed by atoms with Gasteiger partial charge in [-0.05, 0) is 35.9 Å². The monoisotopic (exact) mass is 412 g/mol. The minimum Gasteiger partial charge on any atom is -0.364 e. The van der Waals surface area contributed by atoms with Gasteiger partial charge in [-0.25, -0.2) is 15.0 Å². The van der Waals surface area contributed by atoms with E-state index in [4.69, 9.17) is 15.8 Å². The zero-order valence-electron chi connectivity index (χ0n) is 15.7.